The van der Waals surface area contributed by atoms with Crippen molar-refractivity contribution in [1.29, 1.82) is 0 Å². The SMILES string of the molecule is CCOCCn1c(=NC(=O)C2CCCN(S(=O)(=O)c3ccc(Cl)s3)C2)sc2cccc(F)c21. The predicted molar refractivity (Wildman–Crippen MR) is 128 cm³/mol. The monoisotopic (exact) mass is 531 g/mol. The van der Waals surface area contributed by atoms with Gasteiger partial charge in [0.25, 0.3) is 15.9 Å². The number of carbonyl (C=O) groups is 1. The third-order valence-corrected chi connectivity index (χ3v) is 10.0. The summed E-state index contributed by atoms with van der Waals surface area (Å²) < 4.78 is 50.1. The Morgan fingerprint density at radius 1 is 1.30 bits per heavy atom. The largest absolute Gasteiger partial charge is 0.380 e. The van der Waals surface area contributed by atoms with E-state index in [9.17, 15) is 17.6 Å². The molecule has 33 heavy (non-hydrogen) atoms. The number of aromatic nitrogens is 1. The highest BCUT2D eigenvalue weighted by atomic mass is 35.5. The third-order valence-electron chi connectivity index (χ3n) is 5.40. The molecule has 1 atom stereocenters. The highest BCUT2D eigenvalue weighted by Gasteiger charge is 2.34. The topological polar surface area (TPSA) is 81.0 Å². The maximum Gasteiger partial charge on any atom is 0.252 e. The first-order chi connectivity index (χ1) is 15.8. The second-order valence-corrected chi connectivity index (χ2v) is 12.4. The van der Waals surface area contributed by atoms with Crippen LogP contribution in [0.1, 0.15) is 19.8 Å². The summed E-state index contributed by atoms with van der Waals surface area (Å²) >= 11 is 8.13. The van der Waals surface area contributed by atoms with E-state index in [4.69, 9.17) is 16.3 Å². The van der Waals surface area contributed by atoms with Gasteiger partial charge in [0.15, 0.2) is 4.80 Å². The molecule has 1 aromatic carbocycles. The van der Waals surface area contributed by atoms with Gasteiger partial charge in [-0.15, -0.1) is 11.3 Å². The van der Waals surface area contributed by atoms with Gasteiger partial charge in [0.1, 0.15) is 10.0 Å². The van der Waals surface area contributed by atoms with Crippen molar-refractivity contribution in [2.45, 2.75) is 30.5 Å². The Hall–Kier alpha value is -1.63. The zero-order chi connectivity index (χ0) is 23.6. The number of benzene rings is 1. The standard InChI is InChI=1S/C21H23ClFN3O4S3/c1-2-30-12-11-26-19-15(23)6-3-7-16(19)31-21(26)24-20(27)14-5-4-10-25(13-14)33(28,29)18-9-8-17(22)32-18/h3,6-9,14H,2,4-5,10-13H2,1H3. The van der Waals surface area contributed by atoms with Gasteiger partial charge < -0.3 is 9.30 Å². The molecule has 1 unspecified atom stereocenters. The Balaban J connectivity index is 1.62. The molecular weight excluding hydrogens is 509 g/mol. The van der Waals surface area contributed by atoms with Crippen molar-refractivity contribution in [2.75, 3.05) is 26.3 Å². The third kappa shape index (κ3) is 5.23. The van der Waals surface area contributed by atoms with Gasteiger partial charge in [-0.2, -0.15) is 9.30 Å². The van der Waals surface area contributed by atoms with Crippen LogP contribution in [0.2, 0.25) is 4.34 Å². The van der Waals surface area contributed by atoms with Crippen molar-refractivity contribution in [3.63, 3.8) is 0 Å². The lowest BCUT2D eigenvalue weighted by Crippen LogP contribution is -2.42. The number of thiophene rings is 1. The molecule has 1 fully saturated rings. The average molecular weight is 532 g/mol. The van der Waals surface area contributed by atoms with Gasteiger partial charge in [0, 0.05) is 26.2 Å². The smallest absolute Gasteiger partial charge is 0.252 e. The molecule has 0 radical (unpaired) electrons. The van der Waals surface area contributed by atoms with Crippen LogP contribution in [0.5, 0.6) is 0 Å². The van der Waals surface area contributed by atoms with Gasteiger partial charge in [-0.1, -0.05) is 29.0 Å². The maximum absolute atomic E-state index is 14.5. The van der Waals surface area contributed by atoms with Crippen LogP contribution in [0.3, 0.4) is 0 Å². The van der Waals surface area contributed by atoms with Crippen LogP contribution in [0.15, 0.2) is 39.5 Å². The van der Waals surface area contributed by atoms with E-state index < -0.39 is 27.7 Å². The zero-order valence-electron chi connectivity index (χ0n) is 17.9. The summed E-state index contributed by atoms with van der Waals surface area (Å²) in [6.45, 7) is 3.50. The van der Waals surface area contributed by atoms with Crippen molar-refractivity contribution < 1.29 is 22.3 Å². The van der Waals surface area contributed by atoms with Crippen LogP contribution >= 0.6 is 34.3 Å². The molecule has 7 nitrogen and oxygen atoms in total. The van der Waals surface area contributed by atoms with Crippen LogP contribution < -0.4 is 4.80 Å². The van der Waals surface area contributed by atoms with Crippen LogP contribution in [0.25, 0.3) is 10.2 Å². The molecule has 4 rings (SSSR count). The van der Waals surface area contributed by atoms with E-state index >= 15 is 0 Å². The van der Waals surface area contributed by atoms with E-state index in [2.05, 4.69) is 4.99 Å². The molecule has 0 bridgehead atoms. The first-order valence-corrected chi connectivity index (χ1v) is 14.0. The molecule has 0 N–H and O–H groups in total. The predicted octanol–water partition coefficient (Wildman–Crippen LogP) is 4.12. The van der Waals surface area contributed by atoms with Gasteiger partial charge in [0.05, 0.1) is 27.1 Å². The lowest BCUT2D eigenvalue weighted by Gasteiger charge is -2.29. The molecule has 1 saturated heterocycles. The summed E-state index contributed by atoms with van der Waals surface area (Å²) in [6, 6.07) is 7.80. The molecule has 178 valence electrons. The number of carbonyl (C=O) groups excluding carboxylic acids is 1. The molecule has 2 aromatic heterocycles. The number of fused-ring (bicyclic) bond motifs is 1. The maximum atomic E-state index is 14.5. The van der Waals surface area contributed by atoms with Crippen LogP contribution in [-0.2, 0) is 26.1 Å². The second kappa shape index (κ2) is 10.3. The highest BCUT2D eigenvalue weighted by Crippen LogP contribution is 2.31. The first-order valence-electron chi connectivity index (χ1n) is 10.5. The summed E-state index contributed by atoms with van der Waals surface area (Å²) in [4.78, 5) is 17.8. The first kappa shape index (κ1) is 24.5. The Morgan fingerprint density at radius 3 is 2.85 bits per heavy atom. The number of amides is 1. The molecule has 0 aliphatic carbocycles. The van der Waals surface area contributed by atoms with Crippen LogP contribution in [0, 0.1) is 11.7 Å². The van der Waals surface area contributed by atoms with E-state index in [0.717, 1.165) is 11.3 Å². The quantitative estimate of drug-likeness (QED) is 0.429. The summed E-state index contributed by atoms with van der Waals surface area (Å²) in [5.74, 6) is -1.37. The van der Waals surface area contributed by atoms with Crippen molar-refractivity contribution in [1.82, 2.24) is 8.87 Å². The molecule has 3 aromatic rings. The van der Waals surface area contributed by atoms with Gasteiger partial charge in [-0.05, 0) is 44.0 Å². The van der Waals surface area contributed by atoms with Crippen molar-refractivity contribution >= 4 is 60.4 Å². The Labute approximate surface area is 204 Å². The minimum absolute atomic E-state index is 0.0540. The Bertz CT molecular complexity index is 1330. The average Bonchev–Trinajstić information content (AvgIpc) is 3.39. The van der Waals surface area contributed by atoms with Crippen LogP contribution in [-0.4, -0.2) is 49.5 Å². The van der Waals surface area contributed by atoms with Gasteiger partial charge in [0.2, 0.25) is 0 Å². The summed E-state index contributed by atoms with van der Waals surface area (Å²) in [7, 11) is -3.72. The number of ether oxygens (including phenoxy) is 1. The van der Waals surface area contributed by atoms with E-state index in [1.54, 1.807) is 22.8 Å². The fourth-order valence-electron chi connectivity index (χ4n) is 3.79. The fraction of sp³-hybridized carbons (Fsp3) is 0.429. The van der Waals surface area contributed by atoms with Gasteiger partial charge >= 0.3 is 0 Å². The van der Waals surface area contributed by atoms with E-state index in [-0.39, 0.29) is 10.8 Å². The minimum Gasteiger partial charge on any atom is -0.380 e. The number of hydrogen-bond acceptors (Lipinski definition) is 6. The van der Waals surface area contributed by atoms with Gasteiger partial charge in [-0.25, -0.2) is 12.8 Å². The number of halogens is 2. The van der Waals surface area contributed by atoms with Crippen molar-refractivity contribution in [3.05, 3.63) is 45.3 Å². The Kier molecular flexibility index (Phi) is 7.66. The van der Waals surface area contributed by atoms with E-state index in [0.29, 0.717) is 58.5 Å². The molecule has 0 saturated carbocycles. The van der Waals surface area contributed by atoms with E-state index in [1.807, 2.05) is 6.92 Å². The summed E-state index contributed by atoms with van der Waals surface area (Å²) in [6.07, 6.45) is 1.09. The number of hydrogen-bond donors (Lipinski definition) is 0. The summed E-state index contributed by atoms with van der Waals surface area (Å²) in [5.41, 5.74) is 0.385. The lowest BCUT2D eigenvalue weighted by atomic mass is 9.99. The molecule has 1 aliphatic heterocycles. The zero-order valence-corrected chi connectivity index (χ0v) is 21.1. The number of thiazole rings is 1. The minimum atomic E-state index is -3.72. The van der Waals surface area contributed by atoms with Gasteiger partial charge in [-0.3, -0.25) is 4.79 Å². The van der Waals surface area contributed by atoms with Crippen LogP contribution in [0.4, 0.5) is 4.39 Å². The number of rotatable bonds is 7. The lowest BCUT2D eigenvalue weighted by molar-refractivity contribution is -0.122. The Morgan fingerprint density at radius 2 is 2.12 bits per heavy atom. The van der Waals surface area contributed by atoms with Crippen molar-refractivity contribution in [3.8, 4) is 0 Å². The normalized spacial score (nSPS) is 18.3. The van der Waals surface area contributed by atoms with Crippen molar-refractivity contribution in [2.24, 2.45) is 10.9 Å². The number of sulfonamides is 1. The molecular formula is C21H23ClFN3O4S3. The molecule has 12 heteroatoms. The molecule has 3 heterocycles. The second-order valence-electron chi connectivity index (χ2n) is 7.53. The fourth-order valence-corrected chi connectivity index (χ4v) is 8.03. The molecule has 1 aliphatic rings. The highest BCUT2D eigenvalue weighted by molar-refractivity contribution is 7.91. The molecule has 1 amide bonds. The van der Waals surface area contributed by atoms with E-state index in [1.165, 1.54) is 27.8 Å². The summed E-state index contributed by atoms with van der Waals surface area (Å²) in [5, 5.41) is 0. The number of para-hydroxylation sites is 1. The number of nitrogens with zero attached hydrogens (tertiary/aromatic N) is 3. The molecule has 0 spiro atoms. The number of piperidine rings is 1.